The molecule has 0 aliphatic carbocycles. The van der Waals surface area contributed by atoms with Gasteiger partial charge in [0, 0.05) is 32.2 Å². The van der Waals surface area contributed by atoms with Crippen LogP contribution in [0.4, 0.5) is 0 Å². The second kappa shape index (κ2) is 8.76. The molecule has 138 valence electrons. The third-order valence-electron chi connectivity index (χ3n) is 5.23. The van der Waals surface area contributed by atoms with Crippen LogP contribution in [0.5, 0.6) is 0 Å². The van der Waals surface area contributed by atoms with E-state index in [2.05, 4.69) is 34.8 Å². The van der Waals surface area contributed by atoms with E-state index < -0.39 is 0 Å². The number of amides is 1. The Morgan fingerprint density at radius 1 is 1.24 bits per heavy atom. The van der Waals surface area contributed by atoms with Crippen LogP contribution in [-0.4, -0.2) is 65.2 Å². The van der Waals surface area contributed by atoms with Gasteiger partial charge in [0.1, 0.15) is 6.04 Å². The lowest BCUT2D eigenvalue weighted by Gasteiger charge is -2.41. The molecule has 6 heteroatoms. The zero-order chi connectivity index (χ0) is 17.6. The summed E-state index contributed by atoms with van der Waals surface area (Å²) in [6.07, 6.45) is 3.01. The van der Waals surface area contributed by atoms with Gasteiger partial charge in [0.15, 0.2) is 0 Å². The maximum absolute atomic E-state index is 12.9. The molecule has 6 nitrogen and oxygen atoms in total. The Labute approximate surface area is 150 Å². The highest BCUT2D eigenvalue weighted by Crippen LogP contribution is 2.18. The summed E-state index contributed by atoms with van der Waals surface area (Å²) in [6.45, 7) is 5.26. The number of hydrogen-bond donors (Lipinski definition) is 3. The molecule has 1 aromatic carbocycles. The van der Waals surface area contributed by atoms with Gasteiger partial charge in [-0.15, -0.1) is 0 Å². The van der Waals surface area contributed by atoms with Gasteiger partial charge in [-0.25, -0.2) is 5.43 Å². The highest BCUT2D eigenvalue weighted by Gasteiger charge is 2.36. The van der Waals surface area contributed by atoms with Crippen molar-refractivity contribution in [2.45, 2.75) is 50.9 Å². The van der Waals surface area contributed by atoms with Crippen molar-refractivity contribution in [3.8, 4) is 0 Å². The first-order valence-electron chi connectivity index (χ1n) is 9.40. The molecule has 25 heavy (non-hydrogen) atoms. The van der Waals surface area contributed by atoms with E-state index in [0.717, 1.165) is 38.9 Å². The lowest BCUT2D eigenvalue weighted by atomic mass is 10.0. The van der Waals surface area contributed by atoms with Crippen molar-refractivity contribution in [2.24, 2.45) is 0 Å². The van der Waals surface area contributed by atoms with E-state index in [1.54, 1.807) is 0 Å². The minimum Gasteiger partial charge on any atom is -0.394 e. The van der Waals surface area contributed by atoms with Crippen LogP contribution < -0.4 is 10.9 Å². The molecule has 0 radical (unpaired) electrons. The summed E-state index contributed by atoms with van der Waals surface area (Å²) in [6, 6.07) is 10.4. The minimum atomic E-state index is -0.175. The second-order valence-electron chi connectivity index (χ2n) is 7.15. The molecule has 3 N–H and O–H groups in total. The number of nitrogens with one attached hydrogen (secondary N) is 2. The van der Waals surface area contributed by atoms with Crippen LogP contribution in [0.1, 0.15) is 31.7 Å². The molecule has 2 fully saturated rings. The Morgan fingerprint density at radius 3 is 2.76 bits per heavy atom. The monoisotopic (exact) mass is 346 g/mol. The number of hydrogen-bond acceptors (Lipinski definition) is 5. The largest absolute Gasteiger partial charge is 0.394 e. The van der Waals surface area contributed by atoms with Gasteiger partial charge in [-0.2, -0.15) is 0 Å². The van der Waals surface area contributed by atoms with Crippen LogP contribution in [0, 0.1) is 0 Å². The molecule has 0 bridgehead atoms. The fraction of sp³-hybridized carbons (Fsp3) is 0.632. The van der Waals surface area contributed by atoms with Crippen molar-refractivity contribution in [3.05, 3.63) is 35.9 Å². The van der Waals surface area contributed by atoms with Crippen molar-refractivity contribution in [3.63, 3.8) is 0 Å². The summed E-state index contributed by atoms with van der Waals surface area (Å²) in [4.78, 5) is 17.1. The first kappa shape index (κ1) is 18.3. The number of benzene rings is 1. The van der Waals surface area contributed by atoms with Crippen molar-refractivity contribution < 1.29 is 9.90 Å². The topological polar surface area (TPSA) is 67.8 Å². The van der Waals surface area contributed by atoms with Crippen molar-refractivity contribution in [1.82, 2.24) is 20.7 Å². The number of carbonyl (C=O) groups excluding carboxylic acids is 1. The first-order chi connectivity index (χ1) is 12.2. The van der Waals surface area contributed by atoms with E-state index in [0.29, 0.717) is 12.6 Å². The predicted molar refractivity (Wildman–Crippen MR) is 97.7 cm³/mol. The first-order valence-corrected chi connectivity index (χ1v) is 9.40. The van der Waals surface area contributed by atoms with E-state index in [9.17, 15) is 9.90 Å². The number of nitrogens with zero attached hydrogens (tertiary/aromatic N) is 2. The van der Waals surface area contributed by atoms with Gasteiger partial charge in [0.2, 0.25) is 5.91 Å². The summed E-state index contributed by atoms with van der Waals surface area (Å²) < 4.78 is 0. The lowest BCUT2D eigenvalue weighted by Crippen LogP contribution is -2.59. The number of piperazine rings is 1. The maximum atomic E-state index is 12.9. The lowest BCUT2D eigenvalue weighted by molar-refractivity contribution is -0.139. The number of rotatable bonds is 6. The zero-order valence-electron chi connectivity index (χ0n) is 15.0. The summed E-state index contributed by atoms with van der Waals surface area (Å²) in [5.41, 5.74) is 7.65. The van der Waals surface area contributed by atoms with Gasteiger partial charge in [-0.3, -0.25) is 15.1 Å². The molecule has 3 atom stereocenters. The van der Waals surface area contributed by atoms with Gasteiger partial charge in [-0.05, 0) is 18.4 Å². The zero-order valence-corrected chi connectivity index (χ0v) is 15.0. The Hall–Kier alpha value is -1.47. The molecule has 0 saturated carbocycles. The second-order valence-corrected chi connectivity index (χ2v) is 7.15. The average molecular weight is 346 g/mol. The smallest absolute Gasteiger partial charge is 0.241 e. The van der Waals surface area contributed by atoms with Gasteiger partial charge in [0.05, 0.1) is 12.6 Å². The van der Waals surface area contributed by atoms with Gasteiger partial charge in [-0.1, -0.05) is 43.7 Å². The Balaban J connectivity index is 1.56. The van der Waals surface area contributed by atoms with Gasteiger partial charge in [0.25, 0.3) is 0 Å². The number of hydrazine groups is 1. The molecule has 0 aromatic heterocycles. The molecule has 1 amide bonds. The van der Waals surface area contributed by atoms with E-state index in [1.165, 1.54) is 5.56 Å². The predicted octanol–water partition coefficient (Wildman–Crippen LogP) is 0.727. The highest BCUT2D eigenvalue weighted by molar-refractivity contribution is 5.82. The van der Waals surface area contributed by atoms with E-state index in [-0.39, 0.29) is 24.6 Å². The fourth-order valence-electron chi connectivity index (χ4n) is 3.87. The molecule has 1 aromatic rings. The third kappa shape index (κ3) is 4.58. The number of aliphatic hydroxyl groups excluding tert-OH is 1. The van der Waals surface area contributed by atoms with Crippen LogP contribution in [0.25, 0.3) is 0 Å². The summed E-state index contributed by atoms with van der Waals surface area (Å²) in [7, 11) is 0. The summed E-state index contributed by atoms with van der Waals surface area (Å²) in [5.74, 6) is 0.115. The van der Waals surface area contributed by atoms with E-state index >= 15 is 0 Å². The quantitative estimate of drug-likeness (QED) is 0.708. The van der Waals surface area contributed by atoms with Gasteiger partial charge < -0.3 is 10.0 Å². The Morgan fingerprint density at radius 2 is 2.04 bits per heavy atom. The molecule has 2 aliphatic heterocycles. The number of carbonyl (C=O) groups is 1. The average Bonchev–Trinajstić information content (AvgIpc) is 3.11. The minimum absolute atomic E-state index is 0.00949. The van der Waals surface area contributed by atoms with Gasteiger partial charge >= 0.3 is 0 Å². The maximum Gasteiger partial charge on any atom is 0.241 e. The standard InChI is InChI=1S/C19H30N4O2/c1-2-6-16-11-18(21-20-16)19(25)23-10-9-22(13-17(23)14-24)12-15-7-4-3-5-8-15/h3-5,7-8,16-18,20-21,24H,2,6,9-14H2,1H3. The van der Waals surface area contributed by atoms with Crippen LogP contribution >= 0.6 is 0 Å². The molecular formula is C19H30N4O2. The summed E-state index contributed by atoms with van der Waals surface area (Å²) >= 11 is 0. The van der Waals surface area contributed by atoms with Crippen LogP contribution in [0.15, 0.2) is 30.3 Å². The van der Waals surface area contributed by atoms with Crippen LogP contribution in [-0.2, 0) is 11.3 Å². The van der Waals surface area contributed by atoms with Crippen molar-refractivity contribution >= 4 is 5.91 Å². The van der Waals surface area contributed by atoms with Crippen molar-refractivity contribution in [2.75, 3.05) is 26.2 Å². The molecule has 0 spiro atoms. The Kier molecular flexibility index (Phi) is 6.42. The molecule has 3 unspecified atom stereocenters. The molecule has 3 rings (SSSR count). The normalized spacial score (nSPS) is 27.6. The van der Waals surface area contributed by atoms with Crippen LogP contribution in [0.3, 0.4) is 0 Å². The number of aliphatic hydroxyl groups is 1. The van der Waals surface area contributed by atoms with E-state index in [1.807, 2.05) is 23.1 Å². The summed E-state index contributed by atoms with van der Waals surface area (Å²) in [5, 5.41) is 9.82. The molecular weight excluding hydrogens is 316 g/mol. The third-order valence-corrected chi connectivity index (χ3v) is 5.23. The Bertz CT molecular complexity index is 554. The fourth-order valence-corrected chi connectivity index (χ4v) is 3.87. The van der Waals surface area contributed by atoms with Crippen molar-refractivity contribution in [1.29, 1.82) is 0 Å². The van der Waals surface area contributed by atoms with E-state index in [4.69, 9.17) is 0 Å². The van der Waals surface area contributed by atoms with Crippen LogP contribution in [0.2, 0.25) is 0 Å². The molecule has 2 heterocycles. The SMILES string of the molecule is CCCC1CC(C(=O)N2CCN(Cc3ccccc3)CC2CO)NN1. The molecule has 2 saturated heterocycles. The highest BCUT2D eigenvalue weighted by atomic mass is 16.3. The molecule has 2 aliphatic rings.